The minimum atomic E-state index is -0.663. The van der Waals surface area contributed by atoms with Gasteiger partial charge in [-0.3, -0.25) is 14.9 Å². The van der Waals surface area contributed by atoms with E-state index in [1.54, 1.807) is 15.8 Å². The fraction of sp³-hybridized carbons (Fsp3) is 0.294. The quantitative estimate of drug-likeness (QED) is 0.490. The Morgan fingerprint density at radius 3 is 2.57 bits per heavy atom. The van der Waals surface area contributed by atoms with E-state index in [4.69, 9.17) is 4.42 Å². The van der Waals surface area contributed by atoms with Gasteiger partial charge in [0.25, 0.3) is 5.91 Å². The molecule has 1 saturated heterocycles. The van der Waals surface area contributed by atoms with Gasteiger partial charge in [0.1, 0.15) is 16.6 Å². The van der Waals surface area contributed by atoms with Crippen LogP contribution in [0.5, 0.6) is 0 Å². The lowest BCUT2D eigenvalue weighted by Crippen LogP contribution is -2.49. The third-order valence-electron chi connectivity index (χ3n) is 4.42. The fourth-order valence-corrected chi connectivity index (χ4v) is 3.06. The van der Waals surface area contributed by atoms with Crippen LogP contribution in [0.25, 0.3) is 5.82 Å². The van der Waals surface area contributed by atoms with Crippen LogP contribution in [-0.2, 0) is 0 Å². The van der Waals surface area contributed by atoms with E-state index >= 15 is 0 Å². The monoisotopic (exact) mass is 383 g/mol. The van der Waals surface area contributed by atoms with Crippen LogP contribution in [0, 0.1) is 17.0 Å². The number of piperazine rings is 1. The summed E-state index contributed by atoms with van der Waals surface area (Å²) in [4.78, 5) is 35.1. The van der Waals surface area contributed by atoms with E-state index in [-0.39, 0.29) is 11.7 Å². The molecule has 0 atom stereocenters. The van der Waals surface area contributed by atoms with Crippen LogP contribution in [0.15, 0.2) is 41.1 Å². The van der Waals surface area contributed by atoms with Gasteiger partial charge in [0.05, 0.1) is 6.07 Å². The minimum absolute atomic E-state index is 0.0287. The predicted octanol–water partition coefficient (Wildman–Crippen LogP) is 1.43. The maximum atomic E-state index is 12.5. The smallest absolute Gasteiger partial charge is 0.395 e. The van der Waals surface area contributed by atoms with Gasteiger partial charge in [-0.25, -0.2) is 14.6 Å². The van der Waals surface area contributed by atoms with Crippen molar-refractivity contribution in [3.63, 3.8) is 0 Å². The molecule has 1 aliphatic rings. The van der Waals surface area contributed by atoms with Gasteiger partial charge in [0.2, 0.25) is 0 Å². The number of carbonyl (C=O) groups is 1. The van der Waals surface area contributed by atoms with Crippen molar-refractivity contribution in [3.8, 4) is 5.82 Å². The van der Waals surface area contributed by atoms with Crippen molar-refractivity contribution in [2.45, 2.75) is 6.92 Å². The largest absolute Gasteiger partial charge is 0.433 e. The summed E-state index contributed by atoms with van der Waals surface area (Å²) < 4.78 is 6.68. The molecule has 1 fully saturated rings. The lowest BCUT2D eigenvalue weighted by atomic mass is 10.2. The summed E-state index contributed by atoms with van der Waals surface area (Å²) in [5, 5.41) is 14.9. The lowest BCUT2D eigenvalue weighted by Gasteiger charge is -2.35. The first kappa shape index (κ1) is 17.6. The molecule has 0 radical (unpaired) electrons. The predicted molar refractivity (Wildman–Crippen MR) is 97.4 cm³/mol. The van der Waals surface area contributed by atoms with E-state index in [2.05, 4.69) is 20.0 Å². The highest BCUT2D eigenvalue weighted by Gasteiger charge is 2.26. The van der Waals surface area contributed by atoms with Crippen molar-refractivity contribution in [3.05, 3.63) is 58.4 Å². The average molecular weight is 383 g/mol. The van der Waals surface area contributed by atoms with Gasteiger partial charge in [-0.2, -0.15) is 5.10 Å². The third kappa shape index (κ3) is 3.41. The molecule has 0 aromatic carbocycles. The number of nitro groups is 1. The zero-order chi connectivity index (χ0) is 19.7. The first-order valence-electron chi connectivity index (χ1n) is 8.65. The van der Waals surface area contributed by atoms with Crippen LogP contribution >= 0.6 is 0 Å². The summed E-state index contributed by atoms with van der Waals surface area (Å²) in [7, 11) is 0. The van der Waals surface area contributed by atoms with Gasteiger partial charge < -0.3 is 14.2 Å². The summed E-state index contributed by atoms with van der Waals surface area (Å²) in [6.45, 7) is 3.87. The Morgan fingerprint density at radius 1 is 1.18 bits per heavy atom. The second kappa shape index (κ2) is 7.10. The van der Waals surface area contributed by atoms with Crippen LogP contribution in [0.4, 0.5) is 11.7 Å². The van der Waals surface area contributed by atoms with E-state index in [0.717, 1.165) is 5.82 Å². The highest BCUT2D eigenvalue weighted by atomic mass is 16.6. The van der Waals surface area contributed by atoms with E-state index in [0.29, 0.717) is 37.8 Å². The van der Waals surface area contributed by atoms with Gasteiger partial charge in [-0.15, -0.1) is 0 Å². The molecule has 144 valence electrons. The molecule has 0 unspecified atom stereocenters. The molecule has 0 spiro atoms. The van der Waals surface area contributed by atoms with Gasteiger partial charge >= 0.3 is 5.88 Å². The molecule has 28 heavy (non-hydrogen) atoms. The maximum Gasteiger partial charge on any atom is 0.433 e. The Labute approximate surface area is 159 Å². The summed E-state index contributed by atoms with van der Waals surface area (Å²) in [6, 6.07) is 6.19. The topological polar surface area (TPSA) is 123 Å². The zero-order valence-electron chi connectivity index (χ0n) is 15.1. The first-order valence-corrected chi connectivity index (χ1v) is 8.65. The summed E-state index contributed by atoms with van der Waals surface area (Å²) in [5.41, 5.74) is 0. The molecule has 11 heteroatoms. The molecule has 0 saturated carbocycles. The Hall–Kier alpha value is -3.76. The molecule has 3 aromatic heterocycles. The number of hydrogen-bond acceptors (Lipinski definition) is 8. The van der Waals surface area contributed by atoms with Crippen molar-refractivity contribution < 1.29 is 14.1 Å². The number of nitrogens with zero attached hydrogens (tertiary/aromatic N) is 7. The van der Waals surface area contributed by atoms with Crippen molar-refractivity contribution in [1.29, 1.82) is 0 Å². The number of aryl methyl sites for hydroxylation is 1. The molecule has 3 aromatic rings. The molecule has 0 aliphatic carbocycles. The second-order valence-electron chi connectivity index (χ2n) is 6.26. The number of furan rings is 1. The Morgan fingerprint density at radius 2 is 1.93 bits per heavy atom. The molecular formula is C17H17N7O4. The number of rotatable bonds is 4. The Kier molecular flexibility index (Phi) is 4.47. The van der Waals surface area contributed by atoms with E-state index in [1.165, 1.54) is 12.1 Å². The van der Waals surface area contributed by atoms with Crippen molar-refractivity contribution in [2.75, 3.05) is 31.1 Å². The van der Waals surface area contributed by atoms with Crippen LogP contribution < -0.4 is 4.90 Å². The van der Waals surface area contributed by atoms with Crippen LogP contribution in [0.1, 0.15) is 16.4 Å². The standard InChI is InChI=1S/C17H17N7O4/c1-12-19-14(11-15(20-12)23-6-2-5-18-23)21-7-9-22(10-8-21)17(25)13-3-4-16(28-13)24(26)27/h2-6,11H,7-10H2,1H3. The minimum Gasteiger partial charge on any atom is -0.395 e. The van der Waals surface area contributed by atoms with Crippen LogP contribution in [0.2, 0.25) is 0 Å². The Balaban J connectivity index is 1.45. The van der Waals surface area contributed by atoms with Gasteiger partial charge in [0, 0.05) is 44.6 Å². The number of carbonyl (C=O) groups excluding carboxylic acids is 1. The molecule has 1 amide bonds. The molecule has 4 rings (SSSR count). The molecule has 0 bridgehead atoms. The molecular weight excluding hydrogens is 366 g/mol. The number of aromatic nitrogens is 4. The second-order valence-corrected chi connectivity index (χ2v) is 6.26. The fourth-order valence-electron chi connectivity index (χ4n) is 3.06. The molecule has 1 aliphatic heterocycles. The number of hydrogen-bond donors (Lipinski definition) is 0. The van der Waals surface area contributed by atoms with Crippen LogP contribution in [-0.4, -0.2) is 61.7 Å². The SMILES string of the molecule is Cc1nc(N2CCN(C(=O)c3ccc([N+](=O)[O-])o3)CC2)cc(-n2cccn2)n1. The first-order chi connectivity index (χ1) is 13.5. The van der Waals surface area contributed by atoms with Crippen molar-refractivity contribution >= 4 is 17.6 Å². The average Bonchev–Trinajstić information content (AvgIpc) is 3.39. The molecule has 11 nitrogen and oxygen atoms in total. The third-order valence-corrected chi connectivity index (χ3v) is 4.42. The Bertz CT molecular complexity index is 1010. The summed E-state index contributed by atoms with van der Waals surface area (Å²) >= 11 is 0. The number of amides is 1. The summed E-state index contributed by atoms with van der Waals surface area (Å²) in [5.74, 6) is 1.24. The van der Waals surface area contributed by atoms with Gasteiger partial charge in [0.15, 0.2) is 11.6 Å². The van der Waals surface area contributed by atoms with Gasteiger partial charge in [-0.05, 0) is 19.1 Å². The lowest BCUT2D eigenvalue weighted by molar-refractivity contribution is -0.402. The van der Waals surface area contributed by atoms with Crippen molar-refractivity contribution in [1.82, 2.24) is 24.6 Å². The van der Waals surface area contributed by atoms with E-state index in [9.17, 15) is 14.9 Å². The van der Waals surface area contributed by atoms with Gasteiger partial charge in [-0.1, -0.05) is 0 Å². The van der Waals surface area contributed by atoms with E-state index < -0.39 is 10.8 Å². The van der Waals surface area contributed by atoms with Crippen LogP contribution in [0.3, 0.4) is 0 Å². The normalized spacial score (nSPS) is 14.3. The highest BCUT2D eigenvalue weighted by molar-refractivity contribution is 5.92. The molecule has 0 N–H and O–H groups in total. The highest BCUT2D eigenvalue weighted by Crippen LogP contribution is 2.20. The molecule has 4 heterocycles. The zero-order valence-corrected chi connectivity index (χ0v) is 15.1. The number of anilines is 1. The van der Waals surface area contributed by atoms with Crippen molar-refractivity contribution in [2.24, 2.45) is 0 Å². The maximum absolute atomic E-state index is 12.5. The summed E-state index contributed by atoms with van der Waals surface area (Å²) in [6.07, 6.45) is 3.49. The van der Waals surface area contributed by atoms with E-state index in [1.807, 2.05) is 25.3 Å².